The quantitative estimate of drug-likeness (QED) is 0.856. The summed E-state index contributed by atoms with van der Waals surface area (Å²) < 4.78 is 11.2. The molecule has 78 valence electrons. The van der Waals surface area contributed by atoms with Gasteiger partial charge in [-0.05, 0) is 35.0 Å². The molecule has 1 heterocycles. The van der Waals surface area contributed by atoms with Crippen LogP contribution >= 0.6 is 15.9 Å². The first-order valence-corrected chi connectivity index (χ1v) is 5.34. The summed E-state index contributed by atoms with van der Waals surface area (Å²) in [7, 11) is 0. The van der Waals surface area contributed by atoms with E-state index in [2.05, 4.69) is 21.1 Å². The fraction of sp³-hybridized carbons (Fsp3) is 0.182. The zero-order chi connectivity index (χ0) is 10.7. The summed E-state index contributed by atoms with van der Waals surface area (Å²) >= 11 is 3.21. The van der Waals surface area contributed by atoms with Crippen LogP contribution in [0.25, 0.3) is 0 Å². The minimum absolute atomic E-state index is 0.391. The Balaban J connectivity index is 1.96. The number of halogens is 1. The third-order valence-electron chi connectivity index (χ3n) is 1.93. The van der Waals surface area contributed by atoms with Gasteiger partial charge in [-0.25, -0.2) is 0 Å². The van der Waals surface area contributed by atoms with Crippen molar-refractivity contribution in [1.29, 1.82) is 0 Å². The highest BCUT2D eigenvalue weighted by Crippen LogP contribution is 2.15. The average Bonchev–Trinajstić information content (AvgIpc) is 2.64. The molecule has 0 aliphatic carbocycles. The van der Waals surface area contributed by atoms with Crippen molar-refractivity contribution in [2.45, 2.75) is 13.5 Å². The molecule has 0 N–H and O–H groups in total. The number of ether oxygens (including phenoxy) is 1. The van der Waals surface area contributed by atoms with Crippen molar-refractivity contribution in [2.75, 3.05) is 0 Å². The highest BCUT2D eigenvalue weighted by Gasteiger charge is 2.02. The van der Waals surface area contributed by atoms with E-state index in [0.29, 0.717) is 17.0 Å². The van der Waals surface area contributed by atoms with Gasteiger partial charge in [-0.15, -0.1) is 0 Å². The number of hydrogen-bond acceptors (Lipinski definition) is 3. The van der Waals surface area contributed by atoms with E-state index in [1.54, 1.807) is 6.07 Å². The van der Waals surface area contributed by atoms with Crippen LogP contribution in [0.15, 0.2) is 39.5 Å². The van der Waals surface area contributed by atoms with Crippen molar-refractivity contribution in [3.63, 3.8) is 0 Å². The normalized spacial score (nSPS) is 10.3. The predicted octanol–water partition coefficient (Wildman–Crippen LogP) is 3.32. The lowest BCUT2D eigenvalue weighted by Gasteiger charge is -2.03. The molecule has 1 aromatic carbocycles. The molecule has 0 unspecified atom stereocenters. The molecule has 0 bridgehead atoms. The highest BCUT2D eigenvalue weighted by atomic mass is 79.9. The van der Waals surface area contributed by atoms with Crippen molar-refractivity contribution >= 4 is 15.9 Å². The van der Waals surface area contributed by atoms with Crippen LogP contribution in [0.5, 0.6) is 5.75 Å². The molecule has 0 aliphatic rings. The van der Waals surface area contributed by atoms with Gasteiger partial charge in [0.1, 0.15) is 17.0 Å². The first-order valence-electron chi connectivity index (χ1n) is 4.54. The van der Waals surface area contributed by atoms with Crippen LogP contribution < -0.4 is 4.74 Å². The van der Waals surface area contributed by atoms with Gasteiger partial charge in [0.2, 0.25) is 0 Å². The lowest BCUT2D eigenvalue weighted by atomic mass is 10.2. The van der Waals surface area contributed by atoms with Crippen LogP contribution in [-0.4, -0.2) is 5.16 Å². The van der Waals surface area contributed by atoms with Crippen LogP contribution in [0.2, 0.25) is 0 Å². The van der Waals surface area contributed by atoms with E-state index in [-0.39, 0.29) is 0 Å². The zero-order valence-corrected chi connectivity index (χ0v) is 9.82. The SMILES string of the molecule is Cc1ccc(OCc2cc(Br)no2)cc1. The molecule has 2 aromatic rings. The van der Waals surface area contributed by atoms with E-state index in [0.717, 1.165) is 5.75 Å². The summed E-state index contributed by atoms with van der Waals surface area (Å²) in [6.45, 7) is 2.43. The molecular formula is C11H10BrNO2. The van der Waals surface area contributed by atoms with Crippen molar-refractivity contribution < 1.29 is 9.26 Å². The Labute approximate surface area is 96.2 Å². The first kappa shape index (κ1) is 10.2. The zero-order valence-electron chi connectivity index (χ0n) is 8.24. The second kappa shape index (κ2) is 4.49. The third kappa shape index (κ3) is 2.83. The van der Waals surface area contributed by atoms with Crippen molar-refractivity contribution in [3.8, 4) is 5.75 Å². The molecular weight excluding hydrogens is 258 g/mol. The second-order valence-corrected chi connectivity index (χ2v) is 4.03. The Morgan fingerprint density at radius 1 is 1.33 bits per heavy atom. The van der Waals surface area contributed by atoms with E-state index in [4.69, 9.17) is 9.26 Å². The first-order chi connectivity index (χ1) is 7.24. The summed E-state index contributed by atoms with van der Waals surface area (Å²) in [5.41, 5.74) is 1.21. The molecule has 1 aromatic heterocycles. The van der Waals surface area contributed by atoms with Gasteiger partial charge in [0.05, 0.1) is 0 Å². The van der Waals surface area contributed by atoms with Gasteiger partial charge in [-0.3, -0.25) is 0 Å². The van der Waals surface area contributed by atoms with Crippen molar-refractivity contribution in [2.24, 2.45) is 0 Å². The number of rotatable bonds is 3. The Morgan fingerprint density at radius 3 is 2.67 bits per heavy atom. The average molecular weight is 268 g/mol. The maximum absolute atomic E-state index is 5.51. The van der Waals surface area contributed by atoms with Crippen LogP contribution in [0, 0.1) is 6.92 Å². The number of aromatic nitrogens is 1. The van der Waals surface area contributed by atoms with Gasteiger partial charge >= 0.3 is 0 Å². The molecule has 15 heavy (non-hydrogen) atoms. The molecule has 0 spiro atoms. The summed E-state index contributed by atoms with van der Waals surface area (Å²) in [4.78, 5) is 0. The third-order valence-corrected chi connectivity index (χ3v) is 2.31. The van der Waals surface area contributed by atoms with E-state index in [1.165, 1.54) is 5.56 Å². The molecule has 0 amide bonds. The minimum atomic E-state index is 0.391. The number of nitrogens with zero attached hydrogens (tertiary/aromatic N) is 1. The number of aryl methyl sites for hydroxylation is 1. The molecule has 0 aliphatic heterocycles. The molecule has 0 radical (unpaired) electrons. The van der Waals surface area contributed by atoms with Gasteiger partial charge in [0.15, 0.2) is 5.76 Å². The van der Waals surface area contributed by atoms with E-state index in [1.807, 2.05) is 31.2 Å². The van der Waals surface area contributed by atoms with Gasteiger partial charge in [-0.1, -0.05) is 22.9 Å². The molecule has 0 atom stereocenters. The number of benzene rings is 1. The van der Waals surface area contributed by atoms with Crippen LogP contribution in [0.4, 0.5) is 0 Å². The Bertz CT molecular complexity index is 436. The lowest BCUT2D eigenvalue weighted by Crippen LogP contribution is -1.93. The second-order valence-electron chi connectivity index (χ2n) is 3.22. The Kier molecular flexibility index (Phi) is 3.06. The molecule has 0 fully saturated rings. The van der Waals surface area contributed by atoms with Gasteiger partial charge in [0.25, 0.3) is 0 Å². The number of hydrogen-bond donors (Lipinski definition) is 0. The maximum Gasteiger partial charge on any atom is 0.175 e. The summed E-state index contributed by atoms with van der Waals surface area (Å²) in [6.07, 6.45) is 0. The predicted molar refractivity (Wildman–Crippen MR) is 59.7 cm³/mol. The highest BCUT2D eigenvalue weighted by molar-refractivity contribution is 9.10. The monoisotopic (exact) mass is 267 g/mol. The summed E-state index contributed by atoms with van der Waals surface area (Å²) in [6, 6.07) is 9.66. The largest absolute Gasteiger partial charge is 0.486 e. The molecule has 2 rings (SSSR count). The molecule has 0 saturated carbocycles. The topological polar surface area (TPSA) is 35.3 Å². The van der Waals surface area contributed by atoms with Gasteiger partial charge in [-0.2, -0.15) is 0 Å². The summed E-state index contributed by atoms with van der Waals surface area (Å²) in [5, 5.41) is 3.70. The summed E-state index contributed by atoms with van der Waals surface area (Å²) in [5.74, 6) is 1.52. The van der Waals surface area contributed by atoms with E-state index < -0.39 is 0 Å². The van der Waals surface area contributed by atoms with Gasteiger partial charge < -0.3 is 9.26 Å². The maximum atomic E-state index is 5.51. The van der Waals surface area contributed by atoms with E-state index in [9.17, 15) is 0 Å². The standard InChI is InChI=1S/C11H10BrNO2/c1-8-2-4-9(5-3-8)14-7-10-6-11(12)13-15-10/h2-6H,7H2,1H3. The fourth-order valence-electron chi connectivity index (χ4n) is 1.14. The Morgan fingerprint density at radius 2 is 2.07 bits per heavy atom. The molecule has 0 saturated heterocycles. The smallest absolute Gasteiger partial charge is 0.175 e. The fourth-order valence-corrected chi connectivity index (χ4v) is 1.47. The van der Waals surface area contributed by atoms with Gasteiger partial charge in [0, 0.05) is 6.07 Å². The lowest BCUT2D eigenvalue weighted by molar-refractivity contribution is 0.249. The molecule has 4 heteroatoms. The Hall–Kier alpha value is -1.29. The van der Waals surface area contributed by atoms with Crippen molar-refractivity contribution in [3.05, 3.63) is 46.3 Å². The minimum Gasteiger partial charge on any atom is -0.486 e. The molecule has 3 nitrogen and oxygen atoms in total. The van der Waals surface area contributed by atoms with Crippen LogP contribution in [0.3, 0.4) is 0 Å². The van der Waals surface area contributed by atoms with Crippen LogP contribution in [-0.2, 0) is 6.61 Å². The van der Waals surface area contributed by atoms with Crippen LogP contribution in [0.1, 0.15) is 11.3 Å². The van der Waals surface area contributed by atoms with Crippen molar-refractivity contribution in [1.82, 2.24) is 5.16 Å². The van der Waals surface area contributed by atoms with E-state index >= 15 is 0 Å².